The number of aromatic nitrogens is 2. The molecule has 0 aliphatic heterocycles. The van der Waals surface area contributed by atoms with Gasteiger partial charge < -0.3 is 4.57 Å². The first kappa shape index (κ1) is 28.2. The van der Waals surface area contributed by atoms with E-state index in [0.29, 0.717) is 0 Å². The monoisotopic (exact) mass is 649 g/mol. The summed E-state index contributed by atoms with van der Waals surface area (Å²) in [6.45, 7) is 0. The van der Waals surface area contributed by atoms with Gasteiger partial charge >= 0.3 is 0 Å². The van der Waals surface area contributed by atoms with Crippen LogP contribution in [0.2, 0.25) is 0 Å². The number of fused-ring (bicyclic) bond motifs is 13. The van der Waals surface area contributed by atoms with Gasteiger partial charge in [-0.3, -0.25) is 4.90 Å². The standard InChI is InChI=1S/C48H31N3/c1-2-14-32(15-3-1)51-45-23-11-7-19-39(45)40-30-33(26-28-46(40)51)50(47-24-12-13-29-49-47)34-25-27-38-37-18-6-10-22-43(37)48(44(38)31-34)41-20-8-4-16-35(41)36-17-5-9-21-42(36)48/h1-31H. The highest BCUT2D eigenvalue weighted by Gasteiger charge is 2.51. The van der Waals surface area contributed by atoms with Crippen LogP contribution in [-0.2, 0) is 5.41 Å². The summed E-state index contributed by atoms with van der Waals surface area (Å²) in [7, 11) is 0. The Morgan fingerprint density at radius 2 is 0.961 bits per heavy atom. The van der Waals surface area contributed by atoms with Crippen LogP contribution in [0.15, 0.2) is 188 Å². The second-order valence-electron chi connectivity index (χ2n) is 13.5. The van der Waals surface area contributed by atoms with E-state index in [4.69, 9.17) is 4.98 Å². The molecule has 7 aromatic carbocycles. The van der Waals surface area contributed by atoms with Crippen LogP contribution in [0.25, 0.3) is 49.7 Å². The largest absolute Gasteiger partial charge is 0.309 e. The molecule has 0 fully saturated rings. The van der Waals surface area contributed by atoms with Gasteiger partial charge in [0.1, 0.15) is 5.82 Å². The van der Waals surface area contributed by atoms with E-state index < -0.39 is 5.41 Å². The highest BCUT2D eigenvalue weighted by molar-refractivity contribution is 6.10. The van der Waals surface area contributed by atoms with Crippen LogP contribution in [0.4, 0.5) is 17.2 Å². The molecule has 0 saturated heterocycles. The molecule has 1 spiro atoms. The lowest BCUT2D eigenvalue weighted by atomic mass is 9.70. The molecule has 2 heterocycles. The Hall–Kier alpha value is -6.71. The van der Waals surface area contributed by atoms with Crippen LogP contribution in [0.5, 0.6) is 0 Å². The normalized spacial score (nSPS) is 13.3. The highest BCUT2D eigenvalue weighted by atomic mass is 15.2. The maximum Gasteiger partial charge on any atom is 0.137 e. The lowest BCUT2D eigenvalue weighted by Crippen LogP contribution is -2.26. The smallest absolute Gasteiger partial charge is 0.137 e. The fourth-order valence-electron chi connectivity index (χ4n) is 9.08. The van der Waals surface area contributed by atoms with Crippen molar-refractivity contribution in [3.05, 3.63) is 210 Å². The third-order valence-electron chi connectivity index (χ3n) is 11.0. The van der Waals surface area contributed by atoms with Gasteiger partial charge in [0.25, 0.3) is 0 Å². The number of para-hydroxylation sites is 2. The molecule has 51 heavy (non-hydrogen) atoms. The van der Waals surface area contributed by atoms with Gasteiger partial charge in [-0.1, -0.05) is 121 Å². The number of anilines is 3. The van der Waals surface area contributed by atoms with Gasteiger partial charge in [-0.05, 0) is 105 Å². The molecular formula is C48H31N3. The van der Waals surface area contributed by atoms with Crippen molar-refractivity contribution in [2.45, 2.75) is 5.41 Å². The zero-order chi connectivity index (χ0) is 33.5. The van der Waals surface area contributed by atoms with Gasteiger partial charge in [-0.2, -0.15) is 0 Å². The summed E-state index contributed by atoms with van der Waals surface area (Å²) >= 11 is 0. The lowest BCUT2D eigenvalue weighted by molar-refractivity contribution is 0.793. The van der Waals surface area contributed by atoms with Crippen molar-refractivity contribution in [1.29, 1.82) is 0 Å². The van der Waals surface area contributed by atoms with E-state index in [0.717, 1.165) is 22.9 Å². The minimum absolute atomic E-state index is 0.419. The fourth-order valence-corrected chi connectivity index (χ4v) is 9.08. The average Bonchev–Trinajstić information content (AvgIpc) is 3.80. The minimum Gasteiger partial charge on any atom is -0.309 e. The Bertz CT molecular complexity index is 2750. The molecule has 238 valence electrons. The maximum absolute atomic E-state index is 4.94. The Morgan fingerprint density at radius 1 is 0.412 bits per heavy atom. The predicted molar refractivity (Wildman–Crippen MR) is 210 cm³/mol. The second kappa shape index (κ2) is 10.6. The number of benzene rings is 7. The predicted octanol–water partition coefficient (Wildman–Crippen LogP) is 12.0. The topological polar surface area (TPSA) is 21.1 Å². The van der Waals surface area contributed by atoms with Crippen molar-refractivity contribution in [1.82, 2.24) is 9.55 Å². The van der Waals surface area contributed by atoms with Gasteiger partial charge in [0.05, 0.1) is 16.4 Å². The van der Waals surface area contributed by atoms with E-state index >= 15 is 0 Å². The molecule has 0 atom stereocenters. The van der Waals surface area contributed by atoms with Crippen LogP contribution in [0, 0.1) is 0 Å². The highest BCUT2D eigenvalue weighted by Crippen LogP contribution is 2.63. The van der Waals surface area contributed by atoms with Crippen LogP contribution >= 0.6 is 0 Å². The third-order valence-corrected chi connectivity index (χ3v) is 11.0. The zero-order valence-corrected chi connectivity index (χ0v) is 27.7. The average molecular weight is 650 g/mol. The van der Waals surface area contributed by atoms with E-state index in [9.17, 15) is 0 Å². The molecule has 0 radical (unpaired) electrons. The zero-order valence-electron chi connectivity index (χ0n) is 27.7. The number of nitrogens with zero attached hydrogens (tertiary/aromatic N) is 3. The van der Waals surface area contributed by atoms with Crippen molar-refractivity contribution in [2.24, 2.45) is 0 Å². The lowest BCUT2D eigenvalue weighted by Gasteiger charge is -2.32. The molecule has 0 unspecified atom stereocenters. The van der Waals surface area contributed by atoms with Gasteiger partial charge in [-0.15, -0.1) is 0 Å². The van der Waals surface area contributed by atoms with Crippen LogP contribution < -0.4 is 4.90 Å². The molecule has 11 rings (SSSR count). The quantitative estimate of drug-likeness (QED) is 0.189. The van der Waals surface area contributed by atoms with Crippen molar-refractivity contribution >= 4 is 39.0 Å². The first-order valence-corrected chi connectivity index (χ1v) is 17.6. The summed E-state index contributed by atoms with van der Waals surface area (Å²) in [5, 5.41) is 2.43. The Labute approximate surface area is 296 Å². The molecule has 2 aliphatic carbocycles. The summed E-state index contributed by atoms with van der Waals surface area (Å²) < 4.78 is 2.37. The third kappa shape index (κ3) is 3.80. The molecule has 2 aliphatic rings. The first-order valence-electron chi connectivity index (χ1n) is 17.6. The number of hydrogen-bond acceptors (Lipinski definition) is 2. The first-order chi connectivity index (χ1) is 25.3. The number of pyridine rings is 1. The molecule has 3 heteroatoms. The van der Waals surface area contributed by atoms with E-state index in [-0.39, 0.29) is 0 Å². The number of hydrogen-bond donors (Lipinski definition) is 0. The van der Waals surface area contributed by atoms with Crippen molar-refractivity contribution in [3.8, 4) is 27.9 Å². The van der Waals surface area contributed by atoms with Crippen molar-refractivity contribution < 1.29 is 0 Å². The van der Waals surface area contributed by atoms with E-state index in [1.807, 2.05) is 12.3 Å². The van der Waals surface area contributed by atoms with Crippen molar-refractivity contribution in [2.75, 3.05) is 4.90 Å². The Balaban J connectivity index is 1.17. The fraction of sp³-hybridized carbons (Fsp3) is 0.0208. The molecule has 2 aromatic heterocycles. The summed E-state index contributed by atoms with van der Waals surface area (Å²) in [5.74, 6) is 0.875. The molecule has 9 aromatic rings. The summed E-state index contributed by atoms with van der Waals surface area (Å²) in [6, 6.07) is 66.3. The van der Waals surface area contributed by atoms with E-state index in [2.05, 4.69) is 185 Å². The van der Waals surface area contributed by atoms with E-state index in [1.54, 1.807) is 0 Å². The van der Waals surface area contributed by atoms with Gasteiger partial charge in [0.2, 0.25) is 0 Å². The van der Waals surface area contributed by atoms with Gasteiger partial charge in [0.15, 0.2) is 0 Å². The van der Waals surface area contributed by atoms with Crippen LogP contribution in [0.1, 0.15) is 22.3 Å². The van der Waals surface area contributed by atoms with Gasteiger partial charge in [-0.25, -0.2) is 4.98 Å². The molecule has 0 bridgehead atoms. The molecular weight excluding hydrogens is 619 g/mol. The Kier molecular flexibility index (Phi) is 5.88. The summed E-state index contributed by atoms with van der Waals surface area (Å²) in [6.07, 6.45) is 1.89. The van der Waals surface area contributed by atoms with E-state index in [1.165, 1.54) is 66.3 Å². The Morgan fingerprint density at radius 3 is 1.65 bits per heavy atom. The van der Waals surface area contributed by atoms with Crippen LogP contribution in [-0.4, -0.2) is 9.55 Å². The van der Waals surface area contributed by atoms with Crippen molar-refractivity contribution in [3.63, 3.8) is 0 Å². The molecule has 0 saturated carbocycles. The molecule has 0 N–H and O–H groups in total. The molecule has 3 nitrogen and oxygen atoms in total. The maximum atomic E-state index is 4.94. The summed E-state index contributed by atoms with van der Waals surface area (Å²) in [4.78, 5) is 7.26. The second-order valence-corrected chi connectivity index (χ2v) is 13.5. The molecule has 0 amide bonds. The van der Waals surface area contributed by atoms with Crippen LogP contribution in [0.3, 0.4) is 0 Å². The minimum atomic E-state index is -0.419. The number of rotatable bonds is 4. The SMILES string of the molecule is c1ccc(-n2c3ccccc3c3cc(N(c4ccc5c(c4)C4(c6ccccc6-c6ccccc64)c4ccccc4-5)c4ccccn4)ccc32)cc1. The van der Waals surface area contributed by atoms with Gasteiger partial charge in [0, 0.05) is 34.0 Å². The summed E-state index contributed by atoms with van der Waals surface area (Å²) in [5.41, 5.74) is 15.8.